The van der Waals surface area contributed by atoms with Crippen molar-refractivity contribution in [2.75, 3.05) is 26.3 Å². The SMILES string of the molecule is C[C@@H](NC(=O)c1ccnc(O[C@@H]2CCOC2)n1)c1ccc(C(=C2CC3(CNC3)C2)c2ccc(F)cn2)cc1. The second-order valence-corrected chi connectivity index (χ2v) is 10.4. The van der Waals surface area contributed by atoms with Crippen LogP contribution in [0.5, 0.6) is 6.01 Å². The molecule has 8 nitrogen and oxygen atoms in total. The van der Waals surface area contributed by atoms with Crippen LogP contribution < -0.4 is 15.4 Å². The molecule has 1 aromatic carbocycles. The van der Waals surface area contributed by atoms with Crippen molar-refractivity contribution in [3.05, 3.63) is 88.8 Å². The number of hydrogen-bond donors (Lipinski definition) is 2. The third-order valence-corrected chi connectivity index (χ3v) is 7.59. The van der Waals surface area contributed by atoms with Crippen molar-refractivity contribution in [2.45, 2.75) is 38.3 Å². The summed E-state index contributed by atoms with van der Waals surface area (Å²) in [5, 5.41) is 6.38. The summed E-state index contributed by atoms with van der Waals surface area (Å²) in [6, 6.07) is 12.8. The van der Waals surface area contributed by atoms with Crippen molar-refractivity contribution in [1.29, 1.82) is 0 Å². The van der Waals surface area contributed by atoms with E-state index >= 15 is 0 Å². The van der Waals surface area contributed by atoms with Gasteiger partial charge in [0.05, 0.1) is 31.1 Å². The first-order chi connectivity index (χ1) is 18.5. The van der Waals surface area contributed by atoms with Crippen molar-refractivity contribution < 1.29 is 18.7 Å². The zero-order chi connectivity index (χ0) is 26.1. The first kappa shape index (κ1) is 24.6. The highest BCUT2D eigenvalue weighted by atomic mass is 19.1. The monoisotopic (exact) mass is 515 g/mol. The lowest BCUT2D eigenvalue weighted by atomic mass is 9.60. The number of benzene rings is 1. The normalized spacial score (nSPS) is 20.4. The maximum atomic E-state index is 13.6. The highest BCUT2D eigenvalue weighted by molar-refractivity contribution is 5.92. The average molecular weight is 516 g/mol. The zero-order valence-corrected chi connectivity index (χ0v) is 21.2. The Hall–Kier alpha value is -3.69. The molecular formula is C29H30FN5O3. The van der Waals surface area contributed by atoms with Gasteiger partial charge in [-0.2, -0.15) is 4.98 Å². The van der Waals surface area contributed by atoms with Crippen LogP contribution in [0, 0.1) is 11.2 Å². The van der Waals surface area contributed by atoms with Gasteiger partial charge in [-0.25, -0.2) is 9.37 Å². The van der Waals surface area contributed by atoms with Crippen molar-refractivity contribution in [3.8, 4) is 6.01 Å². The fraction of sp³-hybridized carbons (Fsp3) is 0.379. The van der Waals surface area contributed by atoms with Gasteiger partial charge in [0.25, 0.3) is 5.91 Å². The maximum Gasteiger partial charge on any atom is 0.317 e. The Morgan fingerprint density at radius 3 is 2.61 bits per heavy atom. The number of nitrogens with one attached hydrogen (secondary N) is 2. The number of pyridine rings is 1. The molecule has 0 radical (unpaired) electrons. The zero-order valence-electron chi connectivity index (χ0n) is 21.2. The minimum atomic E-state index is -0.346. The van der Waals surface area contributed by atoms with Gasteiger partial charge in [-0.05, 0) is 49.1 Å². The smallest absolute Gasteiger partial charge is 0.317 e. The van der Waals surface area contributed by atoms with E-state index < -0.39 is 0 Å². The van der Waals surface area contributed by atoms with Gasteiger partial charge in [0.1, 0.15) is 17.6 Å². The first-order valence-electron chi connectivity index (χ1n) is 13.0. The lowest BCUT2D eigenvalue weighted by Crippen LogP contribution is -2.58. The highest BCUT2D eigenvalue weighted by Gasteiger charge is 2.46. The first-order valence-corrected chi connectivity index (χ1v) is 13.0. The summed E-state index contributed by atoms with van der Waals surface area (Å²) in [4.78, 5) is 25.7. The minimum absolute atomic E-state index is 0.0911. The van der Waals surface area contributed by atoms with Gasteiger partial charge in [-0.3, -0.25) is 9.78 Å². The van der Waals surface area contributed by atoms with Crippen molar-refractivity contribution in [3.63, 3.8) is 0 Å². The van der Waals surface area contributed by atoms with Crippen LogP contribution >= 0.6 is 0 Å². The Labute approximate surface area is 220 Å². The molecule has 4 heterocycles. The summed E-state index contributed by atoms with van der Waals surface area (Å²) < 4.78 is 24.6. The van der Waals surface area contributed by atoms with Crippen LogP contribution in [0.3, 0.4) is 0 Å². The van der Waals surface area contributed by atoms with Gasteiger partial charge in [0, 0.05) is 36.7 Å². The molecule has 1 aliphatic carbocycles. The number of nitrogens with zero attached hydrogens (tertiary/aromatic N) is 3. The fourth-order valence-electron chi connectivity index (χ4n) is 5.39. The molecule has 2 N–H and O–H groups in total. The number of halogens is 1. The van der Waals surface area contributed by atoms with Crippen molar-refractivity contribution in [2.24, 2.45) is 5.41 Å². The molecule has 196 valence electrons. The van der Waals surface area contributed by atoms with E-state index in [9.17, 15) is 9.18 Å². The third kappa shape index (κ3) is 5.04. The topological polar surface area (TPSA) is 98.3 Å². The van der Waals surface area contributed by atoms with Crippen LogP contribution in [0.4, 0.5) is 4.39 Å². The van der Waals surface area contributed by atoms with Crippen molar-refractivity contribution in [1.82, 2.24) is 25.6 Å². The molecular weight excluding hydrogens is 485 g/mol. The van der Waals surface area contributed by atoms with Crippen LogP contribution in [-0.4, -0.2) is 53.3 Å². The standard InChI is InChI=1S/C29H30FN5O3/c1-18(34-27(36)25-8-10-32-28(35-25)38-23-9-11-37-15-23)19-2-4-20(5-3-19)26(24-7-6-22(30)14-33-24)21-12-29(13-21)16-31-17-29/h2-8,10,14,18,23,31H,9,11-13,15-17H2,1H3,(H,34,36)/t18-,23-/m1/s1. The quantitative estimate of drug-likeness (QED) is 0.493. The third-order valence-electron chi connectivity index (χ3n) is 7.59. The molecule has 2 saturated heterocycles. The number of ether oxygens (including phenoxy) is 2. The lowest BCUT2D eigenvalue weighted by Gasteiger charge is -2.52. The number of carbonyl (C=O) groups excluding carboxylic acids is 1. The molecule has 0 bridgehead atoms. The predicted octanol–water partition coefficient (Wildman–Crippen LogP) is 3.85. The molecule has 3 fully saturated rings. The number of rotatable bonds is 7. The van der Waals surface area contributed by atoms with Gasteiger partial charge in [-0.1, -0.05) is 29.8 Å². The lowest BCUT2D eigenvalue weighted by molar-refractivity contribution is 0.0930. The summed E-state index contributed by atoms with van der Waals surface area (Å²) in [5.74, 6) is -0.648. The summed E-state index contributed by atoms with van der Waals surface area (Å²) in [7, 11) is 0. The van der Waals surface area contributed by atoms with E-state index in [0.717, 1.165) is 54.7 Å². The predicted molar refractivity (Wildman–Crippen MR) is 139 cm³/mol. The van der Waals surface area contributed by atoms with Gasteiger partial charge < -0.3 is 20.1 Å². The van der Waals surface area contributed by atoms with Gasteiger partial charge in [0.15, 0.2) is 0 Å². The average Bonchev–Trinajstić information content (AvgIpc) is 3.39. The van der Waals surface area contributed by atoms with E-state index in [0.29, 0.717) is 18.6 Å². The van der Waals surface area contributed by atoms with Gasteiger partial charge >= 0.3 is 6.01 Å². The van der Waals surface area contributed by atoms with Crippen LogP contribution in [0.15, 0.2) is 60.4 Å². The molecule has 1 amide bonds. The molecule has 9 heteroatoms. The van der Waals surface area contributed by atoms with Gasteiger partial charge in [0.2, 0.25) is 0 Å². The number of hydrogen-bond acceptors (Lipinski definition) is 7. The van der Waals surface area contributed by atoms with Crippen molar-refractivity contribution >= 4 is 11.5 Å². The molecule has 2 aliphatic heterocycles. The Balaban J connectivity index is 1.16. The minimum Gasteiger partial charge on any atom is -0.458 e. The largest absolute Gasteiger partial charge is 0.458 e. The van der Waals surface area contributed by atoms with E-state index in [4.69, 9.17) is 9.47 Å². The molecule has 0 unspecified atom stereocenters. The molecule has 1 saturated carbocycles. The number of allylic oxidation sites excluding steroid dienone is 1. The molecule has 3 aliphatic rings. The Morgan fingerprint density at radius 1 is 1.13 bits per heavy atom. The van der Waals surface area contributed by atoms with E-state index in [1.807, 2.05) is 19.1 Å². The molecule has 2 atom stereocenters. The second-order valence-electron chi connectivity index (χ2n) is 10.4. The van der Waals surface area contributed by atoms with E-state index in [2.05, 4.69) is 37.7 Å². The van der Waals surface area contributed by atoms with Crippen LogP contribution in [-0.2, 0) is 4.74 Å². The van der Waals surface area contributed by atoms with Gasteiger partial charge in [-0.15, -0.1) is 0 Å². The van der Waals surface area contributed by atoms with Crippen LogP contribution in [0.25, 0.3) is 5.57 Å². The number of carbonyl (C=O) groups is 1. The molecule has 6 rings (SSSR count). The highest BCUT2D eigenvalue weighted by Crippen LogP contribution is 2.51. The second kappa shape index (κ2) is 10.2. The summed E-state index contributed by atoms with van der Waals surface area (Å²) in [6.45, 7) is 5.18. The van der Waals surface area contributed by atoms with Crippen LogP contribution in [0.1, 0.15) is 59.5 Å². The fourth-order valence-corrected chi connectivity index (χ4v) is 5.39. The summed E-state index contributed by atoms with van der Waals surface area (Å²) in [6.07, 6.45) is 5.54. The van der Waals surface area contributed by atoms with Crippen LogP contribution in [0.2, 0.25) is 0 Å². The summed E-state index contributed by atoms with van der Waals surface area (Å²) in [5.41, 5.74) is 5.82. The van der Waals surface area contributed by atoms with E-state index in [-0.39, 0.29) is 35.6 Å². The maximum absolute atomic E-state index is 13.6. The number of amides is 1. The van der Waals surface area contributed by atoms with E-state index in [1.54, 1.807) is 12.1 Å². The molecule has 38 heavy (non-hydrogen) atoms. The van der Waals surface area contributed by atoms with E-state index in [1.165, 1.54) is 24.0 Å². The Kier molecular flexibility index (Phi) is 6.63. The number of aromatic nitrogens is 3. The molecule has 3 aromatic rings. The Bertz CT molecular complexity index is 1340. The summed E-state index contributed by atoms with van der Waals surface area (Å²) >= 11 is 0. The molecule has 2 aromatic heterocycles. The molecule has 1 spiro atoms. The Morgan fingerprint density at radius 2 is 1.95 bits per heavy atom.